The zero-order valence-corrected chi connectivity index (χ0v) is 32.5. The van der Waals surface area contributed by atoms with E-state index in [1.165, 1.54) is 4.90 Å². The van der Waals surface area contributed by atoms with Gasteiger partial charge in [-0.1, -0.05) is 107 Å². The number of hydrogen-bond acceptors (Lipinski definition) is 9. The number of nitrogens with one attached hydrogen (secondary N) is 4. The van der Waals surface area contributed by atoms with Crippen molar-refractivity contribution >= 4 is 41.4 Å². The Bertz CT molecular complexity index is 1650. The van der Waals surface area contributed by atoms with E-state index in [1.54, 1.807) is 37.3 Å². The summed E-state index contributed by atoms with van der Waals surface area (Å²) in [6.45, 7) is 5.44. The van der Waals surface area contributed by atoms with Crippen molar-refractivity contribution in [1.29, 1.82) is 0 Å². The zero-order chi connectivity index (χ0) is 40.6. The van der Waals surface area contributed by atoms with Crippen LogP contribution in [0.1, 0.15) is 89.3 Å². The molecule has 2 aliphatic rings. The van der Waals surface area contributed by atoms with Crippen molar-refractivity contribution in [1.82, 2.24) is 26.2 Å². The summed E-state index contributed by atoms with van der Waals surface area (Å²) >= 11 is 0. The van der Waals surface area contributed by atoms with E-state index in [-0.39, 0.29) is 44.4 Å². The molecule has 4 rings (SSSR count). The molecule has 2 fully saturated rings. The number of carbonyl (C=O) groups excluding carboxylic acids is 7. The average Bonchev–Trinajstić information content (AvgIpc) is 3.64. The van der Waals surface area contributed by atoms with Gasteiger partial charge in [0.1, 0.15) is 18.1 Å². The summed E-state index contributed by atoms with van der Waals surface area (Å²) in [5.41, 5.74) is 6.83. The van der Waals surface area contributed by atoms with E-state index in [9.17, 15) is 33.6 Å². The Morgan fingerprint density at radius 2 is 1.54 bits per heavy atom. The highest BCUT2D eigenvalue weighted by atomic mass is 16.5. The van der Waals surface area contributed by atoms with Crippen molar-refractivity contribution in [3.05, 3.63) is 71.8 Å². The van der Waals surface area contributed by atoms with Crippen molar-refractivity contribution in [3.63, 3.8) is 0 Å². The lowest BCUT2D eigenvalue weighted by molar-refractivity contribution is -0.143. The van der Waals surface area contributed by atoms with Crippen molar-refractivity contribution in [2.24, 2.45) is 17.6 Å². The van der Waals surface area contributed by atoms with Gasteiger partial charge in [0.15, 0.2) is 0 Å². The van der Waals surface area contributed by atoms with E-state index in [4.69, 9.17) is 15.2 Å². The number of likely N-dealkylation sites (tertiary alicyclic amines) is 1. The van der Waals surface area contributed by atoms with E-state index >= 15 is 0 Å². The SMILES string of the molecule is CCCC(NC(=O)[C@@H]1C[C@@H](OCc2ccccc2)CN1C(=O)C(NC(=O)OCC(C)C)C1CCCCC1)C(=O)C(=O)NCC(=O)NC(C(N)=O)c1ccccc1. The first-order valence-electron chi connectivity index (χ1n) is 19.5. The minimum atomic E-state index is -1.27. The molecule has 0 radical (unpaired) electrons. The molecule has 0 bridgehead atoms. The quantitative estimate of drug-likeness (QED) is 0.133. The molecule has 304 valence electrons. The summed E-state index contributed by atoms with van der Waals surface area (Å²) in [4.78, 5) is 94.1. The number of hydrogen-bond donors (Lipinski definition) is 5. The summed E-state index contributed by atoms with van der Waals surface area (Å²) in [6.07, 6.45) is 3.63. The van der Waals surface area contributed by atoms with Crippen LogP contribution in [0.25, 0.3) is 0 Å². The number of primary amides is 1. The van der Waals surface area contributed by atoms with Gasteiger partial charge in [-0.2, -0.15) is 0 Å². The molecule has 5 atom stereocenters. The Kier molecular flexibility index (Phi) is 16.8. The van der Waals surface area contributed by atoms with E-state index in [1.807, 2.05) is 44.2 Å². The lowest BCUT2D eigenvalue weighted by Gasteiger charge is -2.34. The molecule has 0 aromatic heterocycles. The number of ether oxygens (including phenoxy) is 2. The van der Waals surface area contributed by atoms with E-state index in [0.29, 0.717) is 12.0 Å². The van der Waals surface area contributed by atoms with Gasteiger partial charge in [0.2, 0.25) is 29.4 Å². The van der Waals surface area contributed by atoms with E-state index < -0.39 is 78.2 Å². The second kappa shape index (κ2) is 21.7. The smallest absolute Gasteiger partial charge is 0.407 e. The van der Waals surface area contributed by atoms with Gasteiger partial charge >= 0.3 is 6.09 Å². The van der Waals surface area contributed by atoms with Gasteiger partial charge < -0.3 is 41.4 Å². The Hall–Kier alpha value is -5.31. The number of benzene rings is 2. The van der Waals surface area contributed by atoms with E-state index in [2.05, 4.69) is 21.3 Å². The fourth-order valence-corrected chi connectivity index (χ4v) is 7.04. The third-order valence-electron chi connectivity index (χ3n) is 9.95. The molecular formula is C41H56N6O9. The highest BCUT2D eigenvalue weighted by Crippen LogP contribution is 2.30. The monoisotopic (exact) mass is 776 g/mol. The predicted octanol–water partition coefficient (Wildman–Crippen LogP) is 2.82. The number of alkyl carbamates (subject to hydrolysis) is 1. The number of rotatable bonds is 19. The molecule has 6 N–H and O–H groups in total. The van der Waals surface area contributed by atoms with Gasteiger partial charge in [-0.3, -0.25) is 28.8 Å². The maximum Gasteiger partial charge on any atom is 0.407 e. The van der Waals surface area contributed by atoms with Crippen LogP contribution in [0.2, 0.25) is 0 Å². The molecule has 1 aliphatic carbocycles. The summed E-state index contributed by atoms with van der Waals surface area (Å²) in [5.74, 6) is -4.84. The molecule has 2 aromatic carbocycles. The molecule has 3 unspecified atom stereocenters. The maximum atomic E-state index is 14.5. The topological polar surface area (TPSA) is 215 Å². The van der Waals surface area contributed by atoms with E-state index in [0.717, 1.165) is 37.7 Å². The summed E-state index contributed by atoms with van der Waals surface area (Å²) in [5, 5.41) is 10.2. The van der Waals surface area contributed by atoms with Crippen LogP contribution in [0.3, 0.4) is 0 Å². The van der Waals surface area contributed by atoms with Crippen molar-refractivity contribution in [2.75, 3.05) is 19.7 Å². The lowest BCUT2D eigenvalue weighted by Crippen LogP contribution is -2.58. The fraction of sp³-hybridized carbons (Fsp3) is 0.537. The van der Waals surface area contributed by atoms with Gasteiger partial charge in [0.25, 0.3) is 5.91 Å². The molecular weight excluding hydrogens is 720 g/mol. The predicted molar refractivity (Wildman–Crippen MR) is 206 cm³/mol. The number of ketones is 1. The van der Waals surface area contributed by atoms with Crippen LogP contribution in [-0.4, -0.2) is 90.2 Å². The van der Waals surface area contributed by atoms with Gasteiger partial charge in [-0.25, -0.2) is 4.79 Å². The molecule has 1 aliphatic heterocycles. The Labute approximate surface area is 328 Å². The maximum absolute atomic E-state index is 14.5. The van der Waals surface area contributed by atoms with Crippen molar-refractivity contribution < 1.29 is 43.0 Å². The van der Waals surface area contributed by atoms with Gasteiger partial charge in [-0.15, -0.1) is 0 Å². The summed E-state index contributed by atoms with van der Waals surface area (Å²) in [6, 6.07) is 13.3. The molecule has 15 nitrogen and oxygen atoms in total. The molecule has 56 heavy (non-hydrogen) atoms. The van der Waals surface area contributed by atoms with Crippen LogP contribution in [0, 0.1) is 11.8 Å². The molecule has 1 heterocycles. The third kappa shape index (κ3) is 12.9. The summed E-state index contributed by atoms with van der Waals surface area (Å²) < 4.78 is 11.6. The van der Waals surface area contributed by atoms with Crippen molar-refractivity contribution in [2.45, 2.75) is 109 Å². The van der Waals surface area contributed by atoms with Crippen LogP contribution in [0.5, 0.6) is 0 Å². The number of nitrogens with two attached hydrogens (primary N) is 1. The summed E-state index contributed by atoms with van der Waals surface area (Å²) in [7, 11) is 0. The van der Waals surface area contributed by atoms with Crippen molar-refractivity contribution in [3.8, 4) is 0 Å². The minimum Gasteiger partial charge on any atom is -0.449 e. The zero-order valence-electron chi connectivity index (χ0n) is 32.5. The van der Waals surface area contributed by atoms with Crippen LogP contribution >= 0.6 is 0 Å². The van der Waals surface area contributed by atoms with Gasteiger partial charge in [-0.05, 0) is 42.2 Å². The number of amides is 6. The average molecular weight is 777 g/mol. The van der Waals surface area contributed by atoms with Crippen LogP contribution in [0.4, 0.5) is 4.79 Å². The first kappa shape index (κ1) is 43.4. The first-order valence-corrected chi connectivity index (χ1v) is 19.5. The van der Waals surface area contributed by atoms with Crippen LogP contribution in [0.15, 0.2) is 60.7 Å². The molecule has 1 saturated carbocycles. The second-order valence-electron chi connectivity index (χ2n) is 14.9. The molecule has 6 amide bonds. The third-order valence-corrected chi connectivity index (χ3v) is 9.95. The Morgan fingerprint density at radius 3 is 2.16 bits per heavy atom. The standard InChI is InChI=1S/C41H56N6O9/c1-4-14-31(36(49)39(52)43-22-33(48)45-34(37(42)50)28-17-10-6-11-18-28)44-38(51)32-21-30(55-25-27-15-8-5-9-16-27)23-47(32)40(53)35(29-19-12-7-13-20-29)46-41(54)56-24-26(2)3/h5-6,8-11,15-18,26,29-32,34-35H,4,7,12-14,19-25H2,1-3H3,(H2,42,50)(H,43,52)(H,44,51)(H,45,48)(H,46,54)/t30-,31?,32+,34?,35?/m1/s1. The highest BCUT2D eigenvalue weighted by molar-refractivity contribution is 6.38. The fourth-order valence-electron chi connectivity index (χ4n) is 7.04. The van der Waals surface area contributed by atoms with Gasteiger partial charge in [0, 0.05) is 13.0 Å². The molecule has 1 saturated heterocycles. The highest BCUT2D eigenvalue weighted by Gasteiger charge is 2.45. The number of nitrogens with zero attached hydrogens (tertiary/aromatic N) is 1. The Morgan fingerprint density at radius 1 is 0.875 bits per heavy atom. The number of carbonyl (C=O) groups is 7. The molecule has 0 spiro atoms. The Balaban J connectivity index is 1.48. The van der Waals surface area contributed by atoms with Crippen LogP contribution in [-0.2, 0) is 44.8 Å². The largest absolute Gasteiger partial charge is 0.449 e. The van der Waals surface area contributed by atoms with Gasteiger partial charge in [0.05, 0.1) is 31.9 Å². The first-order chi connectivity index (χ1) is 26.9. The molecule has 15 heteroatoms. The minimum absolute atomic E-state index is 0.0625. The normalized spacial score (nSPS) is 18.6. The van der Waals surface area contributed by atoms with Crippen LogP contribution < -0.4 is 27.0 Å². The molecule has 2 aromatic rings. The second-order valence-corrected chi connectivity index (χ2v) is 14.9. The lowest BCUT2D eigenvalue weighted by atomic mass is 9.83. The number of Topliss-reactive ketones (excluding diaryl/α,β-unsaturated/α-hetero) is 1.